The number of carbonyl (C=O) groups excluding carboxylic acids is 1. The number of hydrogen-bond acceptors (Lipinski definition) is 3. The molecule has 6 heteroatoms. The number of benzene rings is 4. The lowest BCUT2D eigenvalue weighted by molar-refractivity contribution is 0.252. The van der Waals surface area contributed by atoms with Crippen LogP contribution >= 0.6 is 15.9 Å². The van der Waals surface area contributed by atoms with Crippen LogP contribution in [0, 0.1) is 0 Å². The van der Waals surface area contributed by atoms with Crippen LogP contribution in [0.15, 0.2) is 108 Å². The normalized spacial score (nSPS) is 10.4. The Balaban J connectivity index is 1.37. The average molecular weight is 531 g/mol. The van der Waals surface area contributed by atoms with Crippen molar-refractivity contribution in [1.82, 2.24) is 5.32 Å². The minimum absolute atomic E-state index is 0.244. The Labute approximate surface area is 214 Å². The first-order valence-corrected chi connectivity index (χ1v) is 12.2. The Morgan fingerprint density at radius 1 is 0.686 bits per heavy atom. The van der Waals surface area contributed by atoms with Crippen LogP contribution in [0.1, 0.15) is 16.7 Å². The molecule has 4 aromatic rings. The number of anilines is 1. The monoisotopic (exact) mass is 530 g/mol. The number of rotatable bonds is 10. The van der Waals surface area contributed by atoms with Crippen molar-refractivity contribution in [3.63, 3.8) is 0 Å². The first-order chi connectivity index (χ1) is 17.2. The van der Waals surface area contributed by atoms with Crippen LogP contribution < -0.4 is 20.1 Å². The first-order valence-electron chi connectivity index (χ1n) is 11.4. The van der Waals surface area contributed by atoms with Crippen molar-refractivity contribution < 1.29 is 14.3 Å². The molecule has 4 rings (SSSR count). The number of halogens is 1. The van der Waals surface area contributed by atoms with E-state index in [0.29, 0.717) is 37.7 Å². The second-order valence-electron chi connectivity index (χ2n) is 7.97. The molecule has 5 nitrogen and oxygen atoms in total. The van der Waals surface area contributed by atoms with Gasteiger partial charge in [-0.25, -0.2) is 4.79 Å². The number of amides is 2. The summed E-state index contributed by atoms with van der Waals surface area (Å²) in [5.74, 6) is 1.37. The van der Waals surface area contributed by atoms with Crippen molar-refractivity contribution in [2.75, 3.05) is 11.9 Å². The van der Waals surface area contributed by atoms with Crippen LogP contribution in [0.4, 0.5) is 10.5 Å². The van der Waals surface area contributed by atoms with Gasteiger partial charge in [-0.3, -0.25) is 0 Å². The lowest BCUT2D eigenvalue weighted by Gasteiger charge is -2.15. The summed E-state index contributed by atoms with van der Waals surface area (Å²) in [6.07, 6.45) is 0.659. The Morgan fingerprint density at radius 2 is 1.34 bits per heavy atom. The highest BCUT2D eigenvalue weighted by Crippen LogP contribution is 2.30. The third kappa shape index (κ3) is 7.90. The summed E-state index contributed by atoms with van der Waals surface area (Å²) < 4.78 is 13.1. The molecule has 35 heavy (non-hydrogen) atoms. The summed E-state index contributed by atoms with van der Waals surface area (Å²) in [5, 5.41) is 5.74. The number of ether oxygens (including phenoxy) is 2. The van der Waals surface area contributed by atoms with Crippen LogP contribution in [0.5, 0.6) is 11.5 Å². The SMILES string of the molecule is O=C(NCCc1ccc(OCc2ccccc2)c(OCc2ccccc2)c1)Nc1cccc(Br)c1. The van der Waals surface area contributed by atoms with Crippen molar-refractivity contribution in [3.05, 3.63) is 124 Å². The number of nitrogens with one attached hydrogen (secondary N) is 2. The predicted octanol–water partition coefficient (Wildman–Crippen LogP) is 6.97. The Morgan fingerprint density at radius 3 is 2.00 bits per heavy atom. The molecular formula is C29H27BrN2O3. The maximum absolute atomic E-state index is 12.2. The van der Waals surface area contributed by atoms with E-state index < -0.39 is 0 Å². The Bertz CT molecular complexity index is 1230. The van der Waals surface area contributed by atoms with Crippen molar-refractivity contribution in [2.24, 2.45) is 0 Å². The molecule has 2 amide bonds. The van der Waals surface area contributed by atoms with Gasteiger partial charge in [-0.1, -0.05) is 88.7 Å². The van der Waals surface area contributed by atoms with Gasteiger partial charge in [0.15, 0.2) is 11.5 Å². The second-order valence-corrected chi connectivity index (χ2v) is 8.89. The third-order valence-corrected chi connectivity index (χ3v) is 5.76. The Hall–Kier alpha value is -3.77. The second kappa shape index (κ2) is 12.6. The summed E-state index contributed by atoms with van der Waals surface area (Å²) >= 11 is 3.41. The largest absolute Gasteiger partial charge is 0.485 e. The van der Waals surface area contributed by atoms with Gasteiger partial charge in [0.25, 0.3) is 0 Å². The molecule has 0 atom stereocenters. The van der Waals surface area contributed by atoms with E-state index >= 15 is 0 Å². The van der Waals surface area contributed by atoms with E-state index in [-0.39, 0.29) is 6.03 Å². The molecule has 0 saturated carbocycles. The van der Waals surface area contributed by atoms with E-state index in [4.69, 9.17) is 9.47 Å². The molecule has 0 aliphatic heterocycles. The fourth-order valence-corrected chi connectivity index (χ4v) is 3.87. The fourth-order valence-electron chi connectivity index (χ4n) is 3.47. The van der Waals surface area contributed by atoms with Gasteiger partial charge in [0.05, 0.1) is 0 Å². The zero-order chi connectivity index (χ0) is 24.3. The molecule has 178 valence electrons. The standard InChI is InChI=1S/C29H27BrN2O3/c30-25-12-7-13-26(19-25)32-29(33)31-17-16-22-14-15-27(34-20-23-8-3-1-4-9-23)28(18-22)35-21-24-10-5-2-6-11-24/h1-15,18-19H,16-17,20-21H2,(H2,31,32,33). The van der Waals surface area contributed by atoms with E-state index in [1.807, 2.05) is 103 Å². The van der Waals surface area contributed by atoms with E-state index in [1.54, 1.807) is 0 Å². The van der Waals surface area contributed by atoms with Crippen LogP contribution in [0.3, 0.4) is 0 Å². The number of urea groups is 1. The molecule has 0 spiro atoms. The predicted molar refractivity (Wildman–Crippen MR) is 143 cm³/mol. The molecule has 0 heterocycles. The summed E-state index contributed by atoms with van der Waals surface area (Å²) in [6, 6.07) is 33.2. The summed E-state index contributed by atoms with van der Waals surface area (Å²) in [6.45, 7) is 1.39. The van der Waals surface area contributed by atoms with Crippen LogP contribution in [0.2, 0.25) is 0 Å². The summed E-state index contributed by atoms with van der Waals surface area (Å²) in [4.78, 5) is 12.2. The molecule has 0 aliphatic carbocycles. The minimum atomic E-state index is -0.244. The molecule has 0 saturated heterocycles. The zero-order valence-corrected chi connectivity index (χ0v) is 20.8. The number of hydrogen-bond donors (Lipinski definition) is 2. The van der Waals surface area contributed by atoms with Gasteiger partial charge in [0.2, 0.25) is 0 Å². The third-order valence-electron chi connectivity index (χ3n) is 5.26. The molecular weight excluding hydrogens is 504 g/mol. The van der Waals surface area contributed by atoms with Crippen LogP contribution in [-0.4, -0.2) is 12.6 Å². The topological polar surface area (TPSA) is 59.6 Å². The molecule has 0 fully saturated rings. The molecule has 0 aromatic heterocycles. The van der Waals surface area contributed by atoms with E-state index in [0.717, 1.165) is 26.9 Å². The smallest absolute Gasteiger partial charge is 0.319 e. The molecule has 0 aliphatic rings. The molecule has 0 bridgehead atoms. The van der Waals surface area contributed by atoms with Gasteiger partial charge >= 0.3 is 6.03 Å². The van der Waals surface area contributed by atoms with Gasteiger partial charge < -0.3 is 20.1 Å². The van der Waals surface area contributed by atoms with E-state index in [9.17, 15) is 4.79 Å². The van der Waals surface area contributed by atoms with Crippen molar-refractivity contribution >= 4 is 27.6 Å². The first kappa shape index (κ1) is 24.4. The highest BCUT2D eigenvalue weighted by Gasteiger charge is 2.09. The quantitative estimate of drug-likeness (QED) is 0.232. The van der Waals surface area contributed by atoms with Crippen molar-refractivity contribution in [2.45, 2.75) is 19.6 Å². The minimum Gasteiger partial charge on any atom is -0.485 e. The Kier molecular flexibility index (Phi) is 8.79. The van der Waals surface area contributed by atoms with Crippen LogP contribution in [-0.2, 0) is 19.6 Å². The van der Waals surface area contributed by atoms with Gasteiger partial charge in [0, 0.05) is 16.7 Å². The summed E-state index contributed by atoms with van der Waals surface area (Å²) in [7, 11) is 0. The van der Waals surface area contributed by atoms with E-state index in [2.05, 4.69) is 26.6 Å². The average Bonchev–Trinajstić information content (AvgIpc) is 2.88. The van der Waals surface area contributed by atoms with Gasteiger partial charge in [-0.15, -0.1) is 0 Å². The van der Waals surface area contributed by atoms with Crippen molar-refractivity contribution in [3.8, 4) is 11.5 Å². The van der Waals surface area contributed by atoms with Gasteiger partial charge in [0.1, 0.15) is 13.2 Å². The zero-order valence-electron chi connectivity index (χ0n) is 19.2. The van der Waals surface area contributed by atoms with E-state index in [1.165, 1.54) is 0 Å². The van der Waals surface area contributed by atoms with Gasteiger partial charge in [-0.2, -0.15) is 0 Å². The maximum Gasteiger partial charge on any atom is 0.319 e. The maximum atomic E-state index is 12.2. The highest BCUT2D eigenvalue weighted by atomic mass is 79.9. The lowest BCUT2D eigenvalue weighted by atomic mass is 10.1. The highest BCUT2D eigenvalue weighted by molar-refractivity contribution is 9.10. The fraction of sp³-hybridized carbons (Fsp3) is 0.138. The lowest BCUT2D eigenvalue weighted by Crippen LogP contribution is -2.30. The van der Waals surface area contributed by atoms with Crippen molar-refractivity contribution in [1.29, 1.82) is 0 Å². The number of carbonyl (C=O) groups is 1. The summed E-state index contributed by atoms with van der Waals surface area (Å²) in [5.41, 5.74) is 3.94. The molecule has 0 radical (unpaired) electrons. The van der Waals surface area contributed by atoms with Gasteiger partial charge in [-0.05, 0) is 53.4 Å². The van der Waals surface area contributed by atoms with Crippen LogP contribution in [0.25, 0.3) is 0 Å². The molecule has 4 aromatic carbocycles. The molecule has 2 N–H and O–H groups in total. The molecule has 0 unspecified atom stereocenters.